The van der Waals surface area contributed by atoms with Gasteiger partial charge in [-0.05, 0) is 42.8 Å². The van der Waals surface area contributed by atoms with Crippen LogP contribution < -0.4 is 19.7 Å². The number of pyridine rings is 1. The van der Waals surface area contributed by atoms with Crippen molar-refractivity contribution in [2.24, 2.45) is 0 Å². The molecule has 1 amide bonds. The van der Waals surface area contributed by atoms with Gasteiger partial charge in [0, 0.05) is 19.8 Å². The number of methoxy groups -OCH3 is 1. The molecular formula is C20H27N3O3. The summed E-state index contributed by atoms with van der Waals surface area (Å²) in [5.41, 5.74) is 0.544. The molecule has 0 aliphatic rings. The van der Waals surface area contributed by atoms with Crippen molar-refractivity contribution in [3.05, 3.63) is 48.2 Å². The number of unbranched alkanes of at least 4 members (excludes halogenated alkanes) is 1. The first-order valence-corrected chi connectivity index (χ1v) is 8.86. The minimum atomic E-state index is -0.154. The molecule has 2 aromatic rings. The number of carbonyl (C=O) groups is 1. The van der Waals surface area contributed by atoms with Crippen molar-refractivity contribution in [3.63, 3.8) is 0 Å². The van der Waals surface area contributed by atoms with Gasteiger partial charge in [0.2, 0.25) is 0 Å². The van der Waals surface area contributed by atoms with Gasteiger partial charge in [0.1, 0.15) is 23.9 Å². The molecular weight excluding hydrogens is 330 g/mol. The Morgan fingerprint density at radius 3 is 2.50 bits per heavy atom. The molecule has 1 heterocycles. The topological polar surface area (TPSA) is 63.7 Å². The Kier molecular flexibility index (Phi) is 7.74. The highest BCUT2D eigenvalue weighted by Gasteiger charge is 2.07. The number of hydrogen-bond donors (Lipinski definition) is 1. The standard InChI is InChI=1S/C20H27N3O3/c1-4-5-13-23(2)19-11-6-16(15-22-19)20(24)21-12-14-26-18-9-7-17(25-3)8-10-18/h6-11,15H,4-5,12-14H2,1-3H3,(H,21,24). The molecule has 0 aliphatic heterocycles. The Labute approximate surface area is 155 Å². The highest BCUT2D eigenvalue weighted by atomic mass is 16.5. The van der Waals surface area contributed by atoms with Crippen molar-refractivity contribution in [1.82, 2.24) is 10.3 Å². The number of amides is 1. The van der Waals surface area contributed by atoms with Crippen LogP contribution in [0.1, 0.15) is 30.1 Å². The highest BCUT2D eigenvalue weighted by Crippen LogP contribution is 2.16. The quantitative estimate of drug-likeness (QED) is 0.662. The number of benzene rings is 1. The summed E-state index contributed by atoms with van der Waals surface area (Å²) in [7, 11) is 3.63. The predicted molar refractivity (Wildman–Crippen MR) is 103 cm³/mol. The normalized spacial score (nSPS) is 10.3. The number of anilines is 1. The Hall–Kier alpha value is -2.76. The van der Waals surface area contributed by atoms with E-state index >= 15 is 0 Å². The van der Waals surface area contributed by atoms with Crippen molar-refractivity contribution in [2.45, 2.75) is 19.8 Å². The molecule has 0 spiro atoms. The Bertz CT molecular complexity index is 672. The molecule has 1 aromatic heterocycles. The minimum absolute atomic E-state index is 0.154. The van der Waals surface area contributed by atoms with Gasteiger partial charge in [-0.25, -0.2) is 4.98 Å². The first-order valence-electron chi connectivity index (χ1n) is 8.86. The van der Waals surface area contributed by atoms with Crippen LogP contribution in [0.2, 0.25) is 0 Å². The van der Waals surface area contributed by atoms with E-state index in [1.165, 1.54) is 0 Å². The maximum atomic E-state index is 12.2. The van der Waals surface area contributed by atoms with Crippen molar-refractivity contribution >= 4 is 11.7 Å². The van der Waals surface area contributed by atoms with Crippen LogP contribution in [0.15, 0.2) is 42.6 Å². The molecule has 0 aliphatic carbocycles. The van der Waals surface area contributed by atoms with Gasteiger partial charge in [0.25, 0.3) is 5.91 Å². The monoisotopic (exact) mass is 357 g/mol. The first kappa shape index (κ1) is 19.6. The third-order valence-corrected chi connectivity index (χ3v) is 3.96. The Morgan fingerprint density at radius 2 is 1.88 bits per heavy atom. The summed E-state index contributed by atoms with van der Waals surface area (Å²) < 4.78 is 10.7. The number of nitrogens with zero attached hydrogens (tertiary/aromatic N) is 2. The van der Waals surface area contributed by atoms with E-state index in [0.717, 1.165) is 36.7 Å². The molecule has 1 aromatic carbocycles. The fraction of sp³-hybridized carbons (Fsp3) is 0.400. The van der Waals surface area contributed by atoms with E-state index in [9.17, 15) is 4.79 Å². The van der Waals surface area contributed by atoms with Gasteiger partial charge in [-0.1, -0.05) is 13.3 Å². The van der Waals surface area contributed by atoms with Crippen LogP contribution in [0.5, 0.6) is 11.5 Å². The molecule has 0 saturated carbocycles. The molecule has 6 nitrogen and oxygen atoms in total. The van der Waals surface area contributed by atoms with Gasteiger partial charge in [0.15, 0.2) is 0 Å². The smallest absolute Gasteiger partial charge is 0.252 e. The summed E-state index contributed by atoms with van der Waals surface area (Å²) in [5.74, 6) is 2.24. The lowest BCUT2D eigenvalue weighted by atomic mass is 10.2. The second-order valence-corrected chi connectivity index (χ2v) is 5.96. The maximum Gasteiger partial charge on any atom is 0.252 e. The largest absolute Gasteiger partial charge is 0.497 e. The van der Waals surface area contributed by atoms with Crippen LogP contribution in [0.3, 0.4) is 0 Å². The van der Waals surface area contributed by atoms with Gasteiger partial charge in [0.05, 0.1) is 19.2 Å². The van der Waals surface area contributed by atoms with Crippen LogP contribution in [0, 0.1) is 0 Å². The third-order valence-electron chi connectivity index (χ3n) is 3.96. The number of nitrogens with one attached hydrogen (secondary N) is 1. The second kappa shape index (κ2) is 10.3. The van der Waals surface area contributed by atoms with E-state index in [2.05, 4.69) is 22.1 Å². The molecule has 1 N–H and O–H groups in total. The van der Waals surface area contributed by atoms with Crippen molar-refractivity contribution in [2.75, 3.05) is 38.8 Å². The molecule has 2 rings (SSSR count). The molecule has 0 atom stereocenters. The van der Waals surface area contributed by atoms with E-state index < -0.39 is 0 Å². The van der Waals surface area contributed by atoms with E-state index in [-0.39, 0.29) is 5.91 Å². The Morgan fingerprint density at radius 1 is 1.15 bits per heavy atom. The molecule has 140 valence electrons. The summed E-state index contributed by atoms with van der Waals surface area (Å²) in [6.07, 6.45) is 3.87. The number of carbonyl (C=O) groups excluding carboxylic acids is 1. The van der Waals surface area contributed by atoms with Crippen molar-refractivity contribution in [1.29, 1.82) is 0 Å². The third kappa shape index (κ3) is 5.95. The van der Waals surface area contributed by atoms with Crippen molar-refractivity contribution in [3.8, 4) is 11.5 Å². The fourth-order valence-corrected chi connectivity index (χ4v) is 2.36. The summed E-state index contributed by atoms with van der Waals surface area (Å²) in [4.78, 5) is 18.6. The van der Waals surface area contributed by atoms with E-state index in [1.54, 1.807) is 19.4 Å². The number of aromatic nitrogens is 1. The zero-order chi connectivity index (χ0) is 18.8. The second-order valence-electron chi connectivity index (χ2n) is 5.96. The molecule has 0 saturated heterocycles. The summed E-state index contributed by atoms with van der Waals surface area (Å²) >= 11 is 0. The van der Waals surface area contributed by atoms with E-state index in [4.69, 9.17) is 9.47 Å². The lowest BCUT2D eigenvalue weighted by Gasteiger charge is -2.17. The van der Waals surface area contributed by atoms with Gasteiger partial charge in [-0.2, -0.15) is 0 Å². The molecule has 0 radical (unpaired) electrons. The van der Waals surface area contributed by atoms with Gasteiger partial charge in [-0.15, -0.1) is 0 Å². The van der Waals surface area contributed by atoms with Crippen LogP contribution in [0.4, 0.5) is 5.82 Å². The van der Waals surface area contributed by atoms with E-state index in [1.807, 2.05) is 37.4 Å². The minimum Gasteiger partial charge on any atom is -0.497 e. The molecule has 0 fully saturated rings. The SMILES string of the molecule is CCCCN(C)c1ccc(C(=O)NCCOc2ccc(OC)cc2)cn1. The van der Waals surface area contributed by atoms with Crippen LogP contribution in [0.25, 0.3) is 0 Å². The molecule has 26 heavy (non-hydrogen) atoms. The maximum absolute atomic E-state index is 12.2. The predicted octanol–water partition coefficient (Wildman–Crippen LogP) is 3.14. The lowest BCUT2D eigenvalue weighted by molar-refractivity contribution is 0.0946. The van der Waals surface area contributed by atoms with Gasteiger partial charge < -0.3 is 19.7 Å². The van der Waals surface area contributed by atoms with Crippen LogP contribution in [-0.4, -0.2) is 44.7 Å². The summed E-state index contributed by atoms with van der Waals surface area (Å²) in [6.45, 7) is 3.93. The average Bonchev–Trinajstić information content (AvgIpc) is 2.69. The zero-order valence-electron chi connectivity index (χ0n) is 15.7. The molecule has 0 unspecified atom stereocenters. The van der Waals surface area contributed by atoms with Crippen molar-refractivity contribution < 1.29 is 14.3 Å². The number of ether oxygens (including phenoxy) is 2. The van der Waals surface area contributed by atoms with Gasteiger partial charge >= 0.3 is 0 Å². The molecule has 0 bridgehead atoms. The fourth-order valence-electron chi connectivity index (χ4n) is 2.36. The lowest BCUT2D eigenvalue weighted by Crippen LogP contribution is -2.28. The van der Waals surface area contributed by atoms with Crippen LogP contribution in [-0.2, 0) is 0 Å². The Balaban J connectivity index is 1.74. The summed E-state index contributed by atoms with van der Waals surface area (Å²) in [6, 6.07) is 11.0. The highest BCUT2D eigenvalue weighted by molar-refractivity contribution is 5.94. The first-order chi connectivity index (χ1) is 12.6. The average molecular weight is 357 g/mol. The van der Waals surface area contributed by atoms with Gasteiger partial charge in [-0.3, -0.25) is 4.79 Å². The van der Waals surface area contributed by atoms with E-state index in [0.29, 0.717) is 18.7 Å². The number of rotatable bonds is 10. The van der Waals surface area contributed by atoms with Crippen LogP contribution >= 0.6 is 0 Å². The molecule has 6 heteroatoms. The summed E-state index contributed by atoms with van der Waals surface area (Å²) in [5, 5.41) is 2.83. The number of hydrogen-bond acceptors (Lipinski definition) is 5. The zero-order valence-corrected chi connectivity index (χ0v) is 15.7.